The highest BCUT2D eigenvalue weighted by Gasteiger charge is 2.17. The van der Waals surface area contributed by atoms with E-state index in [0.717, 1.165) is 66.4 Å². The largest absolute Gasteiger partial charge is 0.222 e. The van der Waals surface area contributed by atoms with E-state index in [1.165, 1.54) is 21.6 Å². The first-order chi connectivity index (χ1) is 21.8. The van der Waals surface area contributed by atoms with Crippen molar-refractivity contribution in [1.82, 2.24) is 29.2 Å². The minimum atomic E-state index is 0.754. The fourth-order valence-electron chi connectivity index (χ4n) is 5.14. The van der Waals surface area contributed by atoms with Crippen LogP contribution in [0.15, 0.2) is 156 Å². The van der Waals surface area contributed by atoms with Crippen molar-refractivity contribution in [2.45, 2.75) is 10.3 Å². The molecule has 8 rings (SSSR count). The van der Waals surface area contributed by atoms with Crippen molar-refractivity contribution in [2.75, 3.05) is 0 Å². The average molecular weight is 605 g/mol. The monoisotopic (exact) mass is 604 g/mol. The molecular formula is C36H24N6S2. The van der Waals surface area contributed by atoms with E-state index in [2.05, 4.69) is 72.8 Å². The third kappa shape index (κ3) is 5.15. The van der Waals surface area contributed by atoms with Gasteiger partial charge in [0.15, 0.2) is 0 Å². The number of fused-ring (bicyclic) bond motifs is 2. The van der Waals surface area contributed by atoms with Gasteiger partial charge in [-0.2, -0.15) is 10.2 Å². The third-order valence-corrected chi connectivity index (χ3v) is 9.36. The van der Waals surface area contributed by atoms with Gasteiger partial charge in [0.1, 0.15) is 0 Å². The van der Waals surface area contributed by atoms with Crippen LogP contribution in [-0.2, 0) is 0 Å². The van der Waals surface area contributed by atoms with E-state index >= 15 is 0 Å². The molecule has 0 spiro atoms. The van der Waals surface area contributed by atoms with Gasteiger partial charge in [-0.15, -0.1) is 0 Å². The molecule has 4 aromatic heterocycles. The molecule has 0 aliphatic heterocycles. The smallest absolute Gasteiger partial charge is 0.201 e. The normalized spacial score (nSPS) is 11.4. The van der Waals surface area contributed by atoms with Crippen molar-refractivity contribution >= 4 is 32.6 Å². The van der Waals surface area contributed by atoms with Crippen LogP contribution >= 0.6 is 21.6 Å². The Bertz CT molecular complexity index is 2050. The van der Waals surface area contributed by atoms with Gasteiger partial charge in [0.2, 0.25) is 10.3 Å². The molecule has 0 aliphatic rings. The number of aromatic nitrogens is 6. The number of hydrogen-bond donors (Lipinski definition) is 0. The Labute approximate surface area is 261 Å². The zero-order valence-corrected chi connectivity index (χ0v) is 25.0. The zero-order valence-electron chi connectivity index (χ0n) is 23.4. The second kappa shape index (κ2) is 11.5. The van der Waals surface area contributed by atoms with Crippen molar-refractivity contribution in [2.24, 2.45) is 0 Å². The van der Waals surface area contributed by atoms with Gasteiger partial charge in [0, 0.05) is 22.3 Å². The Hall–Kier alpha value is -5.18. The lowest BCUT2D eigenvalue weighted by molar-refractivity contribution is 0.799. The number of nitrogens with zero attached hydrogens (tertiary/aromatic N) is 6. The molecule has 0 atom stereocenters. The van der Waals surface area contributed by atoms with E-state index in [0.29, 0.717) is 0 Å². The fraction of sp³-hybridized carbons (Fsp3) is 0. The van der Waals surface area contributed by atoms with Crippen LogP contribution in [0.5, 0.6) is 0 Å². The molecule has 44 heavy (non-hydrogen) atoms. The van der Waals surface area contributed by atoms with Crippen LogP contribution in [0.25, 0.3) is 56.1 Å². The predicted molar refractivity (Wildman–Crippen MR) is 179 cm³/mol. The maximum atomic E-state index is 5.09. The molecule has 4 heterocycles. The molecule has 8 aromatic rings. The Morgan fingerprint density at radius 2 is 0.659 bits per heavy atom. The summed E-state index contributed by atoms with van der Waals surface area (Å²) in [5, 5.41) is 11.5. The summed E-state index contributed by atoms with van der Waals surface area (Å²) in [6.45, 7) is 0. The molecule has 0 unspecified atom stereocenters. The highest BCUT2D eigenvalue weighted by Crippen LogP contribution is 2.39. The van der Waals surface area contributed by atoms with E-state index in [1.807, 2.05) is 81.8 Å². The van der Waals surface area contributed by atoms with E-state index in [4.69, 9.17) is 20.2 Å². The Morgan fingerprint density at radius 3 is 1.00 bits per heavy atom. The molecule has 0 aliphatic carbocycles. The molecule has 210 valence electrons. The topological polar surface area (TPSA) is 60.4 Å². The SMILES string of the molecule is c1ccc(-c2cc3cc(-c4ccccc4)nn3c(SSc3nc(-c4ccccc4)cc4cc(-c5ccccc5)nn34)n2)cc1. The van der Waals surface area contributed by atoms with Crippen LogP contribution in [-0.4, -0.2) is 29.2 Å². The summed E-state index contributed by atoms with van der Waals surface area (Å²) in [7, 11) is 3.05. The first kappa shape index (κ1) is 26.4. The molecule has 0 saturated carbocycles. The van der Waals surface area contributed by atoms with Crippen molar-refractivity contribution in [3.8, 4) is 45.0 Å². The lowest BCUT2D eigenvalue weighted by atomic mass is 10.1. The number of benzene rings is 4. The fourth-order valence-corrected chi connectivity index (χ4v) is 7.09. The van der Waals surface area contributed by atoms with Gasteiger partial charge in [-0.05, 0) is 45.9 Å². The number of rotatable bonds is 7. The minimum absolute atomic E-state index is 0.754. The molecule has 0 fully saturated rings. The van der Waals surface area contributed by atoms with Gasteiger partial charge < -0.3 is 0 Å². The van der Waals surface area contributed by atoms with Gasteiger partial charge >= 0.3 is 0 Å². The van der Waals surface area contributed by atoms with Crippen molar-refractivity contribution in [3.05, 3.63) is 146 Å². The Balaban J connectivity index is 1.24. The van der Waals surface area contributed by atoms with Crippen LogP contribution in [0.2, 0.25) is 0 Å². The van der Waals surface area contributed by atoms with Crippen LogP contribution in [0, 0.1) is 0 Å². The molecule has 0 radical (unpaired) electrons. The van der Waals surface area contributed by atoms with E-state index in [1.54, 1.807) is 0 Å². The van der Waals surface area contributed by atoms with Gasteiger partial charge in [0.25, 0.3) is 0 Å². The van der Waals surface area contributed by atoms with Gasteiger partial charge in [-0.1, -0.05) is 121 Å². The van der Waals surface area contributed by atoms with E-state index < -0.39 is 0 Å². The summed E-state index contributed by atoms with van der Waals surface area (Å²) in [6, 6.07) is 49.4. The maximum absolute atomic E-state index is 5.09. The summed E-state index contributed by atoms with van der Waals surface area (Å²) in [6.07, 6.45) is 0. The van der Waals surface area contributed by atoms with Gasteiger partial charge in [0.05, 0.1) is 33.8 Å². The van der Waals surface area contributed by atoms with Crippen LogP contribution in [0.4, 0.5) is 0 Å². The molecule has 0 bridgehead atoms. The molecule has 0 amide bonds. The molecule has 4 aromatic carbocycles. The molecular weight excluding hydrogens is 581 g/mol. The maximum Gasteiger partial charge on any atom is 0.201 e. The first-order valence-corrected chi connectivity index (χ1v) is 16.3. The van der Waals surface area contributed by atoms with Crippen LogP contribution in [0.3, 0.4) is 0 Å². The number of hydrogen-bond acceptors (Lipinski definition) is 6. The Kier molecular flexibility index (Phi) is 6.90. The lowest BCUT2D eigenvalue weighted by Gasteiger charge is -2.09. The molecule has 8 heteroatoms. The summed E-state index contributed by atoms with van der Waals surface area (Å²) in [4.78, 5) is 10.2. The van der Waals surface area contributed by atoms with Crippen molar-refractivity contribution in [1.29, 1.82) is 0 Å². The van der Waals surface area contributed by atoms with Crippen LogP contribution in [0.1, 0.15) is 0 Å². The highest BCUT2D eigenvalue weighted by atomic mass is 33.1. The summed E-state index contributed by atoms with van der Waals surface area (Å²) >= 11 is 0. The van der Waals surface area contributed by atoms with Gasteiger partial charge in [-0.3, -0.25) is 0 Å². The van der Waals surface area contributed by atoms with Gasteiger partial charge in [-0.25, -0.2) is 19.0 Å². The summed E-state index contributed by atoms with van der Waals surface area (Å²) in [5.74, 6) is 0. The summed E-state index contributed by atoms with van der Waals surface area (Å²) < 4.78 is 3.84. The predicted octanol–water partition coefficient (Wildman–Crippen LogP) is 9.24. The molecule has 0 N–H and O–H groups in total. The van der Waals surface area contributed by atoms with E-state index in [9.17, 15) is 0 Å². The highest BCUT2D eigenvalue weighted by molar-refractivity contribution is 8.76. The van der Waals surface area contributed by atoms with Crippen LogP contribution < -0.4 is 0 Å². The standard InChI is InChI=1S/C36H24N6S2/c1-5-13-25(14-6-1)31-21-29-23-33(27-17-9-3-10-18-27)39-41(29)35(37-31)43-44-36-38-32(26-15-7-2-8-16-26)22-30-24-34(40-42(30)36)28-19-11-4-12-20-28/h1-24H. The van der Waals surface area contributed by atoms with Crippen molar-refractivity contribution in [3.63, 3.8) is 0 Å². The average Bonchev–Trinajstić information content (AvgIpc) is 3.74. The second-order valence-electron chi connectivity index (χ2n) is 10.2. The summed E-state index contributed by atoms with van der Waals surface area (Å²) in [5.41, 5.74) is 9.75. The molecule has 6 nitrogen and oxygen atoms in total. The lowest BCUT2D eigenvalue weighted by Crippen LogP contribution is -2.00. The minimum Gasteiger partial charge on any atom is -0.222 e. The first-order valence-electron chi connectivity index (χ1n) is 14.2. The molecule has 0 saturated heterocycles. The Morgan fingerprint density at radius 1 is 0.364 bits per heavy atom. The second-order valence-corrected chi connectivity index (χ2v) is 12.3. The zero-order chi connectivity index (χ0) is 29.3. The third-order valence-electron chi connectivity index (χ3n) is 7.31. The van der Waals surface area contributed by atoms with E-state index in [-0.39, 0.29) is 0 Å². The quantitative estimate of drug-likeness (QED) is 0.134. The van der Waals surface area contributed by atoms with Crippen molar-refractivity contribution < 1.29 is 0 Å².